The number of anilines is 2. The summed E-state index contributed by atoms with van der Waals surface area (Å²) in [5.41, 5.74) is 2.39. The van der Waals surface area contributed by atoms with Crippen molar-refractivity contribution in [3.63, 3.8) is 0 Å². The summed E-state index contributed by atoms with van der Waals surface area (Å²) in [6.07, 6.45) is 4.70. The van der Waals surface area contributed by atoms with Crippen LogP contribution in [0.1, 0.15) is 40.6 Å². The van der Waals surface area contributed by atoms with Gasteiger partial charge in [-0.05, 0) is 62.4 Å². The summed E-state index contributed by atoms with van der Waals surface area (Å²) in [5, 5.41) is 6.24. The third-order valence-corrected chi connectivity index (χ3v) is 5.23. The summed E-state index contributed by atoms with van der Waals surface area (Å²) >= 11 is 1.51. The Hall–Kier alpha value is -2.34. The zero-order valence-electron chi connectivity index (χ0n) is 13.6. The molecule has 0 saturated carbocycles. The molecule has 0 atom stereocenters. The average Bonchev–Trinajstić information content (AvgIpc) is 2.95. The van der Waals surface area contributed by atoms with Crippen molar-refractivity contribution in [3.05, 3.63) is 40.3 Å². The van der Waals surface area contributed by atoms with E-state index in [4.69, 9.17) is 4.74 Å². The third kappa shape index (κ3) is 3.43. The summed E-state index contributed by atoms with van der Waals surface area (Å²) in [4.78, 5) is 24.8. The molecule has 0 fully saturated rings. The van der Waals surface area contributed by atoms with Crippen LogP contribution in [0.3, 0.4) is 0 Å². The molecular formula is C18H20N2O3S. The molecule has 126 valence electrons. The molecule has 0 bridgehead atoms. The molecule has 2 N–H and O–H groups in total. The molecule has 1 heterocycles. The van der Waals surface area contributed by atoms with Crippen LogP contribution in [0, 0.1) is 0 Å². The maximum atomic E-state index is 12.8. The smallest absolute Gasteiger partial charge is 0.258 e. The predicted octanol–water partition coefficient (Wildman–Crippen LogP) is 3.85. The number of thiophene rings is 1. The first kappa shape index (κ1) is 16.5. The molecule has 1 aliphatic rings. The Morgan fingerprint density at radius 2 is 2.00 bits per heavy atom. The predicted molar refractivity (Wildman–Crippen MR) is 96.2 cm³/mol. The quantitative estimate of drug-likeness (QED) is 0.782. The highest BCUT2D eigenvalue weighted by Gasteiger charge is 2.25. The molecule has 0 unspecified atom stereocenters. The van der Waals surface area contributed by atoms with E-state index in [2.05, 4.69) is 10.6 Å². The molecule has 0 radical (unpaired) electrons. The van der Waals surface area contributed by atoms with Gasteiger partial charge in [-0.3, -0.25) is 9.59 Å². The highest BCUT2D eigenvalue weighted by atomic mass is 32.1. The fourth-order valence-corrected chi connectivity index (χ4v) is 4.20. The molecule has 0 spiro atoms. The van der Waals surface area contributed by atoms with Crippen molar-refractivity contribution in [2.24, 2.45) is 0 Å². The highest BCUT2D eigenvalue weighted by molar-refractivity contribution is 7.17. The number of carbonyl (C=O) groups is 2. The zero-order valence-corrected chi connectivity index (χ0v) is 14.4. The van der Waals surface area contributed by atoms with Gasteiger partial charge in [0.1, 0.15) is 10.8 Å². The number of carbonyl (C=O) groups excluding carboxylic acids is 2. The van der Waals surface area contributed by atoms with Crippen molar-refractivity contribution >= 4 is 34.3 Å². The van der Waals surface area contributed by atoms with Crippen LogP contribution < -0.4 is 15.4 Å². The molecule has 2 amide bonds. The number of hydrogen-bond acceptors (Lipinski definition) is 4. The Morgan fingerprint density at radius 1 is 1.25 bits per heavy atom. The lowest BCUT2D eigenvalue weighted by atomic mass is 9.95. The lowest BCUT2D eigenvalue weighted by Crippen LogP contribution is -2.16. The van der Waals surface area contributed by atoms with E-state index in [1.54, 1.807) is 0 Å². The van der Waals surface area contributed by atoms with E-state index in [-0.39, 0.29) is 5.91 Å². The summed E-state index contributed by atoms with van der Waals surface area (Å²) < 4.78 is 5.40. The largest absolute Gasteiger partial charge is 0.494 e. The van der Waals surface area contributed by atoms with Crippen molar-refractivity contribution in [2.45, 2.75) is 32.6 Å². The number of nitrogens with one attached hydrogen (secondary N) is 2. The molecule has 1 aromatic heterocycles. The van der Waals surface area contributed by atoms with Gasteiger partial charge < -0.3 is 15.4 Å². The molecule has 0 saturated heterocycles. The van der Waals surface area contributed by atoms with Gasteiger partial charge in [0.05, 0.1) is 12.2 Å². The minimum Gasteiger partial charge on any atom is -0.494 e. The number of benzene rings is 1. The molecular weight excluding hydrogens is 324 g/mol. The number of rotatable bonds is 6. The van der Waals surface area contributed by atoms with Crippen LogP contribution in [0.25, 0.3) is 0 Å². The SMILES string of the molecule is CCOc1ccc(NC(=O)c2c(NC=O)sc3c2CCCC3)cc1. The first-order valence-corrected chi connectivity index (χ1v) is 8.93. The van der Waals surface area contributed by atoms with Crippen LogP contribution >= 0.6 is 11.3 Å². The zero-order chi connectivity index (χ0) is 16.9. The first-order valence-electron chi connectivity index (χ1n) is 8.12. The Kier molecular flexibility index (Phi) is 5.15. The van der Waals surface area contributed by atoms with E-state index in [9.17, 15) is 9.59 Å². The Morgan fingerprint density at radius 3 is 2.71 bits per heavy atom. The van der Waals surface area contributed by atoms with E-state index >= 15 is 0 Å². The maximum absolute atomic E-state index is 12.8. The van der Waals surface area contributed by atoms with Crippen LogP contribution in [-0.4, -0.2) is 18.9 Å². The van der Waals surface area contributed by atoms with Crippen molar-refractivity contribution in [3.8, 4) is 5.75 Å². The molecule has 1 aromatic carbocycles. The maximum Gasteiger partial charge on any atom is 0.258 e. The lowest BCUT2D eigenvalue weighted by molar-refractivity contribution is -0.105. The van der Waals surface area contributed by atoms with Gasteiger partial charge in [-0.1, -0.05) is 0 Å². The van der Waals surface area contributed by atoms with Crippen molar-refractivity contribution in [2.75, 3.05) is 17.2 Å². The summed E-state index contributed by atoms with van der Waals surface area (Å²) in [6, 6.07) is 7.28. The van der Waals surface area contributed by atoms with Crippen molar-refractivity contribution in [1.82, 2.24) is 0 Å². The van der Waals surface area contributed by atoms with Crippen LogP contribution in [-0.2, 0) is 17.6 Å². The van der Waals surface area contributed by atoms with Gasteiger partial charge in [0.2, 0.25) is 6.41 Å². The van der Waals surface area contributed by atoms with E-state index < -0.39 is 0 Å². The van der Waals surface area contributed by atoms with Gasteiger partial charge in [-0.15, -0.1) is 11.3 Å². The second kappa shape index (κ2) is 7.49. The van der Waals surface area contributed by atoms with Gasteiger partial charge in [0, 0.05) is 10.6 Å². The monoisotopic (exact) mass is 344 g/mol. The van der Waals surface area contributed by atoms with Gasteiger partial charge in [0.15, 0.2) is 0 Å². The van der Waals surface area contributed by atoms with Crippen LogP contribution in [0.15, 0.2) is 24.3 Å². The first-order chi connectivity index (χ1) is 11.7. The minimum atomic E-state index is -0.178. The lowest BCUT2D eigenvalue weighted by Gasteiger charge is -2.13. The Labute approximate surface area is 145 Å². The van der Waals surface area contributed by atoms with E-state index in [1.165, 1.54) is 16.2 Å². The minimum absolute atomic E-state index is 0.178. The summed E-state index contributed by atoms with van der Waals surface area (Å²) in [7, 11) is 0. The summed E-state index contributed by atoms with van der Waals surface area (Å²) in [6.45, 7) is 2.53. The van der Waals surface area contributed by atoms with Crippen LogP contribution in [0.5, 0.6) is 5.75 Å². The average molecular weight is 344 g/mol. The van der Waals surface area contributed by atoms with Crippen molar-refractivity contribution in [1.29, 1.82) is 0 Å². The standard InChI is InChI=1S/C18H20N2O3S/c1-2-23-13-9-7-12(8-10-13)20-17(22)16-14-5-3-4-6-15(14)24-18(16)19-11-21/h7-11H,2-6H2,1H3,(H,19,21)(H,20,22). The number of aryl methyl sites for hydroxylation is 1. The van der Waals surface area contributed by atoms with Crippen LogP contribution in [0.2, 0.25) is 0 Å². The fraction of sp³-hybridized carbons (Fsp3) is 0.333. The number of hydrogen-bond donors (Lipinski definition) is 2. The molecule has 2 aromatic rings. The number of amides is 2. The molecule has 5 nitrogen and oxygen atoms in total. The van der Waals surface area contributed by atoms with E-state index in [0.29, 0.717) is 29.3 Å². The van der Waals surface area contributed by atoms with E-state index in [0.717, 1.165) is 37.0 Å². The van der Waals surface area contributed by atoms with Gasteiger partial charge >= 0.3 is 0 Å². The van der Waals surface area contributed by atoms with Gasteiger partial charge in [-0.25, -0.2) is 0 Å². The topological polar surface area (TPSA) is 67.4 Å². The number of ether oxygens (including phenoxy) is 1. The molecule has 24 heavy (non-hydrogen) atoms. The normalized spacial score (nSPS) is 13.0. The van der Waals surface area contributed by atoms with Crippen molar-refractivity contribution < 1.29 is 14.3 Å². The molecule has 3 rings (SSSR count). The van der Waals surface area contributed by atoms with Gasteiger partial charge in [0.25, 0.3) is 5.91 Å². The molecule has 6 heteroatoms. The third-order valence-electron chi connectivity index (χ3n) is 4.01. The molecule has 1 aliphatic carbocycles. The van der Waals surface area contributed by atoms with Gasteiger partial charge in [-0.2, -0.15) is 0 Å². The Balaban J connectivity index is 1.83. The Bertz CT molecular complexity index is 737. The second-order valence-electron chi connectivity index (χ2n) is 5.59. The number of fused-ring (bicyclic) bond motifs is 1. The molecule has 0 aliphatic heterocycles. The highest BCUT2D eigenvalue weighted by Crippen LogP contribution is 2.38. The van der Waals surface area contributed by atoms with E-state index in [1.807, 2.05) is 31.2 Å². The summed E-state index contributed by atoms with van der Waals surface area (Å²) in [5.74, 6) is 0.592. The second-order valence-corrected chi connectivity index (χ2v) is 6.69. The fourth-order valence-electron chi connectivity index (χ4n) is 2.96. The van der Waals surface area contributed by atoms with Crippen LogP contribution in [0.4, 0.5) is 10.7 Å².